The number of nitrogens with zero attached hydrogens (tertiary/aromatic N) is 3. The van der Waals surface area contributed by atoms with E-state index in [1.165, 1.54) is 0 Å². The number of rotatable bonds is 6. The fourth-order valence-electron chi connectivity index (χ4n) is 5.33. The number of carbonyl (C=O) groups excluding carboxylic acids is 2. The van der Waals surface area contributed by atoms with Gasteiger partial charge in [0.05, 0.1) is 29.0 Å². The maximum absolute atomic E-state index is 15.8. The smallest absolute Gasteiger partial charge is 0.316 e. The predicted molar refractivity (Wildman–Crippen MR) is 137 cm³/mol. The fourth-order valence-corrected chi connectivity index (χ4v) is 5.33. The lowest BCUT2D eigenvalue weighted by Gasteiger charge is -2.21. The number of aromatic nitrogens is 2. The largest absolute Gasteiger partial charge is 0.465 e. The fraction of sp³-hybridized carbons (Fsp3) is 0.429. The molecule has 3 aromatic rings. The number of benzene rings is 2. The first-order chi connectivity index (χ1) is 17.0. The zero-order chi connectivity index (χ0) is 26.0. The van der Waals surface area contributed by atoms with Gasteiger partial charge in [0.25, 0.3) is 0 Å². The average Bonchev–Trinajstić information content (AvgIpc) is 3.61. The number of anilines is 2. The molecule has 1 aromatic heterocycles. The molecule has 1 aliphatic carbocycles. The van der Waals surface area contributed by atoms with Gasteiger partial charge in [0.2, 0.25) is 5.91 Å². The summed E-state index contributed by atoms with van der Waals surface area (Å²) in [4.78, 5) is 36.3. The van der Waals surface area contributed by atoms with Crippen molar-refractivity contribution in [2.24, 2.45) is 0 Å². The van der Waals surface area contributed by atoms with Crippen molar-refractivity contribution in [2.75, 3.05) is 23.9 Å². The van der Waals surface area contributed by atoms with Crippen molar-refractivity contribution in [1.29, 1.82) is 0 Å². The lowest BCUT2D eigenvalue weighted by atomic mass is 9.85. The molecule has 7 nitrogen and oxygen atoms in total. The predicted octanol–water partition coefficient (Wildman–Crippen LogP) is 5.10. The Bertz CT molecular complexity index is 1410. The number of fused-ring (bicyclic) bond motifs is 2. The van der Waals surface area contributed by atoms with Crippen molar-refractivity contribution in [2.45, 2.75) is 64.3 Å². The standard InChI is InChI=1S/C28H31FN4O3/c1-7-36-26(35)28(11-12-28)19-10-8-9-17(23(19)29)15(2)30-24-18-13-22-20(14-21(18)31-16(3)32-24)27(4,5)25(34)33(22)6/h8-10,13-15H,7,11-12H2,1-6H3,(H,30,31,32). The summed E-state index contributed by atoms with van der Waals surface area (Å²) >= 11 is 0. The van der Waals surface area contributed by atoms with Crippen LogP contribution >= 0.6 is 0 Å². The van der Waals surface area contributed by atoms with Crippen LogP contribution in [-0.4, -0.2) is 35.5 Å². The number of nitrogens with one attached hydrogen (secondary N) is 1. The van der Waals surface area contributed by atoms with Crippen molar-refractivity contribution >= 4 is 34.3 Å². The van der Waals surface area contributed by atoms with Gasteiger partial charge in [0.15, 0.2) is 0 Å². The molecule has 0 saturated heterocycles. The quantitative estimate of drug-likeness (QED) is 0.484. The summed E-state index contributed by atoms with van der Waals surface area (Å²) in [5, 5.41) is 4.12. The highest BCUT2D eigenvalue weighted by Crippen LogP contribution is 2.51. The van der Waals surface area contributed by atoms with E-state index in [-0.39, 0.29) is 18.5 Å². The van der Waals surface area contributed by atoms with E-state index in [4.69, 9.17) is 4.74 Å². The summed E-state index contributed by atoms with van der Waals surface area (Å²) in [7, 11) is 1.77. The zero-order valence-corrected chi connectivity index (χ0v) is 21.5. The molecule has 36 heavy (non-hydrogen) atoms. The van der Waals surface area contributed by atoms with Crippen molar-refractivity contribution in [3.8, 4) is 0 Å². The van der Waals surface area contributed by atoms with Gasteiger partial charge in [-0.25, -0.2) is 14.4 Å². The van der Waals surface area contributed by atoms with E-state index in [0.717, 1.165) is 22.2 Å². The van der Waals surface area contributed by atoms with Crippen molar-refractivity contribution in [3.05, 3.63) is 58.7 Å². The number of amides is 1. The summed E-state index contributed by atoms with van der Waals surface area (Å²) in [5.41, 5.74) is 1.77. The van der Waals surface area contributed by atoms with Crippen LogP contribution < -0.4 is 10.2 Å². The minimum absolute atomic E-state index is 0.0230. The van der Waals surface area contributed by atoms with Gasteiger partial charge in [-0.1, -0.05) is 18.2 Å². The molecule has 1 amide bonds. The van der Waals surface area contributed by atoms with E-state index in [2.05, 4.69) is 15.3 Å². The number of hydrogen-bond donors (Lipinski definition) is 1. The molecule has 1 atom stereocenters. The molecule has 8 heteroatoms. The molecule has 0 bridgehead atoms. The van der Waals surface area contributed by atoms with Gasteiger partial charge >= 0.3 is 5.97 Å². The Labute approximate surface area is 210 Å². The van der Waals surface area contributed by atoms with Crippen molar-refractivity contribution in [1.82, 2.24) is 9.97 Å². The highest BCUT2D eigenvalue weighted by Gasteiger charge is 2.54. The van der Waals surface area contributed by atoms with E-state index >= 15 is 4.39 Å². The van der Waals surface area contributed by atoms with Gasteiger partial charge in [0, 0.05) is 29.2 Å². The monoisotopic (exact) mass is 490 g/mol. The van der Waals surface area contributed by atoms with Gasteiger partial charge in [-0.15, -0.1) is 0 Å². The first-order valence-corrected chi connectivity index (χ1v) is 12.3. The zero-order valence-electron chi connectivity index (χ0n) is 21.5. The molecule has 0 spiro atoms. The first kappa shape index (κ1) is 24.2. The van der Waals surface area contributed by atoms with Crippen molar-refractivity contribution < 1.29 is 18.7 Å². The van der Waals surface area contributed by atoms with Crippen LogP contribution in [0.15, 0.2) is 30.3 Å². The lowest BCUT2D eigenvalue weighted by molar-refractivity contribution is -0.146. The molecule has 1 aliphatic heterocycles. The third-order valence-electron chi connectivity index (χ3n) is 7.58. The van der Waals surface area contributed by atoms with E-state index in [1.807, 2.05) is 39.8 Å². The third kappa shape index (κ3) is 3.53. The van der Waals surface area contributed by atoms with Gasteiger partial charge < -0.3 is 15.0 Å². The van der Waals surface area contributed by atoms with E-state index in [1.54, 1.807) is 37.1 Å². The Kier molecular flexibility index (Phi) is 5.54. The Morgan fingerprint density at radius 3 is 2.61 bits per heavy atom. The lowest BCUT2D eigenvalue weighted by Crippen LogP contribution is -2.33. The molecular weight excluding hydrogens is 459 g/mol. The molecule has 0 radical (unpaired) electrons. The van der Waals surface area contributed by atoms with Gasteiger partial charge in [-0.3, -0.25) is 9.59 Å². The van der Waals surface area contributed by atoms with E-state index in [0.29, 0.717) is 35.6 Å². The maximum Gasteiger partial charge on any atom is 0.316 e. The number of esters is 1. The number of aryl methyl sites for hydroxylation is 1. The van der Waals surface area contributed by atoms with Crippen LogP contribution in [0.2, 0.25) is 0 Å². The van der Waals surface area contributed by atoms with Crippen LogP contribution in [-0.2, 0) is 25.2 Å². The molecule has 2 aliphatic rings. The van der Waals surface area contributed by atoms with Crippen LogP contribution in [0, 0.1) is 12.7 Å². The summed E-state index contributed by atoms with van der Waals surface area (Å²) in [5.74, 6) is 0.395. The normalized spacial score (nSPS) is 18.2. The maximum atomic E-state index is 15.8. The molecule has 2 aromatic carbocycles. The highest BCUT2D eigenvalue weighted by molar-refractivity contribution is 6.10. The number of hydrogen-bond acceptors (Lipinski definition) is 6. The minimum atomic E-state index is -0.890. The average molecular weight is 491 g/mol. The molecular formula is C28H31FN4O3. The van der Waals surface area contributed by atoms with Gasteiger partial charge in [-0.2, -0.15) is 0 Å². The Hall–Kier alpha value is -3.55. The number of ether oxygens (including phenoxy) is 1. The molecule has 1 N–H and O–H groups in total. The highest BCUT2D eigenvalue weighted by atomic mass is 19.1. The number of carbonyl (C=O) groups is 2. The van der Waals surface area contributed by atoms with Gasteiger partial charge in [-0.05, 0) is 65.2 Å². The Morgan fingerprint density at radius 2 is 1.94 bits per heavy atom. The summed E-state index contributed by atoms with van der Waals surface area (Å²) in [6.07, 6.45) is 1.16. The molecule has 1 unspecified atom stereocenters. The summed E-state index contributed by atoms with van der Waals surface area (Å²) < 4.78 is 21.0. The molecule has 5 rings (SSSR count). The molecule has 188 valence electrons. The van der Waals surface area contributed by atoms with Crippen LogP contribution in [0.4, 0.5) is 15.9 Å². The Morgan fingerprint density at radius 1 is 1.22 bits per heavy atom. The van der Waals surface area contributed by atoms with Crippen LogP contribution in [0.25, 0.3) is 10.9 Å². The molecule has 2 heterocycles. The minimum Gasteiger partial charge on any atom is -0.465 e. The van der Waals surface area contributed by atoms with E-state index in [9.17, 15) is 9.59 Å². The molecule has 1 fully saturated rings. The second-order valence-corrected chi connectivity index (χ2v) is 10.4. The van der Waals surface area contributed by atoms with Crippen molar-refractivity contribution in [3.63, 3.8) is 0 Å². The topological polar surface area (TPSA) is 84.4 Å². The van der Waals surface area contributed by atoms with Gasteiger partial charge in [0.1, 0.15) is 17.5 Å². The third-order valence-corrected chi connectivity index (χ3v) is 7.58. The van der Waals surface area contributed by atoms with E-state index < -0.39 is 22.7 Å². The second kappa shape index (κ2) is 8.25. The van der Waals surface area contributed by atoms with Crippen LogP contribution in [0.3, 0.4) is 0 Å². The number of halogens is 1. The van der Waals surface area contributed by atoms with Crippen LogP contribution in [0.5, 0.6) is 0 Å². The summed E-state index contributed by atoms with van der Waals surface area (Å²) in [6, 6.07) is 8.62. The first-order valence-electron chi connectivity index (χ1n) is 12.3. The van der Waals surface area contributed by atoms with Crippen LogP contribution in [0.1, 0.15) is 69.1 Å². The Balaban J connectivity index is 1.53. The summed E-state index contributed by atoms with van der Waals surface area (Å²) in [6.45, 7) is 9.52. The number of likely N-dealkylation sites (N-methyl/N-ethyl adjacent to an activating group) is 1. The SMILES string of the molecule is CCOC(=O)C1(c2cccc(C(C)Nc3nc(C)nc4cc5c(cc34)N(C)C(=O)C5(C)C)c2F)CC1. The second-order valence-electron chi connectivity index (χ2n) is 10.4. The molecule has 1 saturated carbocycles.